The Labute approximate surface area is 144 Å². The van der Waals surface area contributed by atoms with E-state index in [9.17, 15) is 4.79 Å². The third-order valence-electron chi connectivity index (χ3n) is 4.36. The predicted octanol–water partition coefficient (Wildman–Crippen LogP) is 1.13. The molecule has 25 heavy (non-hydrogen) atoms. The van der Waals surface area contributed by atoms with Crippen LogP contribution < -0.4 is 11.1 Å². The van der Waals surface area contributed by atoms with Crippen LogP contribution in [0.4, 0.5) is 0 Å². The summed E-state index contributed by atoms with van der Waals surface area (Å²) in [7, 11) is 0. The lowest BCUT2D eigenvalue weighted by Gasteiger charge is -2.18. The second-order valence-corrected chi connectivity index (χ2v) is 5.92. The number of carbonyl (C=O) groups excluding carboxylic acids is 1. The van der Waals surface area contributed by atoms with Gasteiger partial charge in [0.2, 0.25) is 0 Å². The molecule has 3 aromatic rings. The Hall–Kier alpha value is -3.06. The summed E-state index contributed by atoms with van der Waals surface area (Å²) in [5, 5.41) is 3.26. The second kappa shape index (κ2) is 6.45. The van der Waals surface area contributed by atoms with Crippen LogP contribution >= 0.6 is 0 Å². The zero-order valence-corrected chi connectivity index (χ0v) is 13.6. The van der Waals surface area contributed by atoms with Gasteiger partial charge in [0.1, 0.15) is 5.82 Å². The summed E-state index contributed by atoms with van der Waals surface area (Å²) in [4.78, 5) is 25.0. The molecule has 0 atom stereocenters. The first kappa shape index (κ1) is 15.5. The summed E-state index contributed by atoms with van der Waals surface area (Å²) in [5.74, 6) is 1.03. The number of nitrogens with zero attached hydrogens (tertiary/aromatic N) is 4. The molecule has 1 aromatic carbocycles. The molecule has 0 aliphatic carbocycles. The fourth-order valence-corrected chi connectivity index (χ4v) is 3.21. The highest BCUT2D eigenvalue weighted by atomic mass is 16.1. The molecule has 0 bridgehead atoms. The van der Waals surface area contributed by atoms with Gasteiger partial charge in [-0.3, -0.25) is 4.79 Å². The number of amides is 1. The summed E-state index contributed by atoms with van der Waals surface area (Å²) in [5.41, 5.74) is 8.76. The van der Waals surface area contributed by atoms with Gasteiger partial charge in [0.15, 0.2) is 11.5 Å². The summed E-state index contributed by atoms with van der Waals surface area (Å²) in [6.07, 6.45) is 4.05. The molecule has 0 unspecified atom stereocenters. The maximum absolute atomic E-state index is 11.7. The smallest absolute Gasteiger partial charge is 0.269 e. The van der Waals surface area contributed by atoms with E-state index in [1.165, 1.54) is 0 Å². The topological polar surface area (TPSA) is 98.7 Å². The minimum Gasteiger partial charge on any atom is -0.364 e. The van der Waals surface area contributed by atoms with Gasteiger partial charge in [-0.15, -0.1) is 0 Å². The van der Waals surface area contributed by atoms with Gasteiger partial charge in [0.05, 0.1) is 5.69 Å². The molecule has 0 fully saturated rings. The van der Waals surface area contributed by atoms with E-state index < -0.39 is 5.91 Å². The fourth-order valence-electron chi connectivity index (χ4n) is 3.21. The number of nitrogens with two attached hydrogens (primary N) is 1. The zero-order valence-electron chi connectivity index (χ0n) is 13.6. The lowest BCUT2D eigenvalue weighted by Crippen LogP contribution is -2.30. The molecule has 0 radical (unpaired) electrons. The van der Waals surface area contributed by atoms with Crippen LogP contribution in [0.25, 0.3) is 11.4 Å². The lowest BCUT2D eigenvalue weighted by atomic mass is 10.0. The minimum atomic E-state index is -0.488. The first-order valence-electron chi connectivity index (χ1n) is 8.18. The number of carbonyl (C=O) groups is 1. The van der Waals surface area contributed by atoms with Crippen LogP contribution in [-0.2, 0) is 19.5 Å². The van der Waals surface area contributed by atoms with Crippen LogP contribution in [0, 0.1) is 0 Å². The zero-order chi connectivity index (χ0) is 17.2. The second-order valence-electron chi connectivity index (χ2n) is 5.92. The SMILES string of the molecule is NC(=O)c1nc(Cc2ccccc2-c2ncccn2)n2c1CNCC2. The van der Waals surface area contributed by atoms with E-state index in [1.54, 1.807) is 18.5 Å². The van der Waals surface area contributed by atoms with Gasteiger partial charge >= 0.3 is 0 Å². The van der Waals surface area contributed by atoms with E-state index in [-0.39, 0.29) is 0 Å². The van der Waals surface area contributed by atoms with Crippen LogP contribution in [-0.4, -0.2) is 32.0 Å². The number of fused-ring (bicyclic) bond motifs is 1. The minimum absolute atomic E-state index is 0.357. The van der Waals surface area contributed by atoms with E-state index in [1.807, 2.05) is 24.3 Å². The highest BCUT2D eigenvalue weighted by Crippen LogP contribution is 2.24. The largest absolute Gasteiger partial charge is 0.364 e. The Morgan fingerprint density at radius 2 is 2.00 bits per heavy atom. The Kier molecular flexibility index (Phi) is 3.99. The number of primary amides is 1. The molecule has 126 valence electrons. The van der Waals surface area contributed by atoms with Gasteiger partial charge in [-0.2, -0.15) is 0 Å². The van der Waals surface area contributed by atoms with Crippen molar-refractivity contribution in [1.82, 2.24) is 24.8 Å². The predicted molar refractivity (Wildman–Crippen MR) is 92.7 cm³/mol. The average Bonchev–Trinajstić information content (AvgIpc) is 3.02. The molecule has 3 N–H and O–H groups in total. The van der Waals surface area contributed by atoms with Crippen molar-refractivity contribution in [3.8, 4) is 11.4 Å². The molecule has 7 nitrogen and oxygen atoms in total. The number of hydrogen-bond acceptors (Lipinski definition) is 5. The summed E-state index contributed by atoms with van der Waals surface area (Å²) in [6, 6.07) is 9.79. The van der Waals surface area contributed by atoms with E-state index in [4.69, 9.17) is 5.73 Å². The summed E-state index contributed by atoms with van der Waals surface area (Å²) < 4.78 is 2.10. The molecule has 0 spiro atoms. The standard InChI is InChI=1S/C18H18N6O/c19-17(25)16-14-11-20-8-9-24(14)15(23-16)10-12-4-1-2-5-13(12)18-21-6-3-7-22-18/h1-7,20H,8-11H2,(H2,19,25). The van der Waals surface area contributed by atoms with Crippen molar-refractivity contribution < 1.29 is 4.79 Å². The molecule has 2 aromatic heterocycles. The van der Waals surface area contributed by atoms with Crippen LogP contribution in [0.15, 0.2) is 42.7 Å². The number of imidazole rings is 1. The van der Waals surface area contributed by atoms with Gasteiger partial charge in [0, 0.05) is 44.0 Å². The van der Waals surface area contributed by atoms with Gasteiger partial charge in [-0.25, -0.2) is 15.0 Å². The average molecular weight is 334 g/mol. The number of nitrogens with one attached hydrogen (secondary N) is 1. The van der Waals surface area contributed by atoms with Crippen molar-refractivity contribution >= 4 is 5.91 Å². The van der Waals surface area contributed by atoms with Crippen LogP contribution in [0.3, 0.4) is 0 Å². The molecule has 7 heteroatoms. The van der Waals surface area contributed by atoms with Crippen LogP contribution in [0.1, 0.15) is 27.6 Å². The summed E-state index contributed by atoms with van der Waals surface area (Å²) >= 11 is 0. The van der Waals surface area contributed by atoms with E-state index >= 15 is 0 Å². The molecule has 1 aliphatic rings. The third kappa shape index (κ3) is 2.89. The normalized spacial score (nSPS) is 13.4. The van der Waals surface area contributed by atoms with E-state index in [2.05, 4.69) is 24.8 Å². The Balaban J connectivity index is 1.76. The van der Waals surface area contributed by atoms with Crippen molar-refractivity contribution in [2.75, 3.05) is 6.54 Å². The van der Waals surface area contributed by atoms with Gasteiger partial charge in [0.25, 0.3) is 5.91 Å². The summed E-state index contributed by atoms with van der Waals surface area (Å²) in [6.45, 7) is 2.22. The number of rotatable bonds is 4. The molecular weight excluding hydrogens is 316 g/mol. The van der Waals surface area contributed by atoms with Crippen molar-refractivity contribution in [2.45, 2.75) is 19.5 Å². The van der Waals surface area contributed by atoms with Crippen LogP contribution in [0.2, 0.25) is 0 Å². The number of benzene rings is 1. The Morgan fingerprint density at radius 3 is 2.80 bits per heavy atom. The molecule has 1 amide bonds. The van der Waals surface area contributed by atoms with Crippen molar-refractivity contribution in [3.63, 3.8) is 0 Å². The molecule has 0 saturated carbocycles. The van der Waals surface area contributed by atoms with Gasteiger partial charge < -0.3 is 15.6 Å². The van der Waals surface area contributed by atoms with Crippen molar-refractivity contribution in [2.24, 2.45) is 5.73 Å². The molecule has 4 rings (SSSR count). The monoisotopic (exact) mass is 334 g/mol. The van der Waals surface area contributed by atoms with E-state index in [0.717, 1.165) is 35.7 Å². The molecule has 1 aliphatic heterocycles. The van der Waals surface area contributed by atoms with Crippen molar-refractivity contribution in [1.29, 1.82) is 0 Å². The lowest BCUT2D eigenvalue weighted by molar-refractivity contribution is 0.0994. The molecule has 0 saturated heterocycles. The molecular formula is C18H18N6O. The fraction of sp³-hybridized carbons (Fsp3) is 0.222. The van der Waals surface area contributed by atoms with Crippen molar-refractivity contribution in [3.05, 3.63) is 65.5 Å². The Bertz CT molecular complexity index is 919. The maximum Gasteiger partial charge on any atom is 0.269 e. The van der Waals surface area contributed by atoms with Gasteiger partial charge in [-0.1, -0.05) is 24.3 Å². The Morgan fingerprint density at radius 1 is 1.20 bits per heavy atom. The number of hydrogen-bond donors (Lipinski definition) is 2. The van der Waals surface area contributed by atoms with Gasteiger partial charge in [-0.05, 0) is 11.6 Å². The third-order valence-corrected chi connectivity index (χ3v) is 4.36. The maximum atomic E-state index is 11.7. The quantitative estimate of drug-likeness (QED) is 0.745. The number of aromatic nitrogens is 4. The molecule has 3 heterocycles. The first-order chi connectivity index (χ1) is 12.2. The highest BCUT2D eigenvalue weighted by molar-refractivity contribution is 5.92. The first-order valence-corrected chi connectivity index (χ1v) is 8.18. The van der Waals surface area contributed by atoms with Crippen LogP contribution in [0.5, 0.6) is 0 Å². The van der Waals surface area contributed by atoms with E-state index in [0.29, 0.717) is 24.5 Å². The highest BCUT2D eigenvalue weighted by Gasteiger charge is 2.23.